The summed E-state index contributed by atoms with van der Waals surface area (Å²) in [5.41, 5.74) is 2.91. The van der Waals surface area contributed by atoms with E-state index in [1.54, 1.807) is 0 Å². The van der Waals surface area contributed by atoms with E-state index < -0.39 is 8.32 Å². The number of pyridine rings is 1. The zero-order valence-electron chi connectivity index (χ0n) is 13.8. The highest BCUT2D eigenvalue weighted by Gasteiger charge is 2.39. The molecule has 0 saturated heterocycles. The molecular weight excluding hydrogens is 300 g/mol. The van der Waals surface area contributed by atoms with Gasteiger partial charge in [-0.3, -0.25) is 0 Å². The van der Waals surface area contributed by atoms with Crippen LogP contribution in [-0.4, -0.2) is 17.7 Å². The molecule has 21 heavy (non-hydrogen) atoms. The molecule has 0 aliphatic carbocycles. The van der Waals surface area contributed by atoms with Crippen LogP contribution in [0.3, 0.4) is 0 Å². The summed E-state index contributed by atoms with van der Waals surface area (Å²) in [6.45, 7) is 13.4. The molecule has 0 saturated carbocycles. The molecule has 0 fully saturated rings. The molecule has 1 unspecified atom stereocenters. The molecule has 2 aromatic heterocycles. The number of hydrogen-bond acceptors (Lipinski definition) is 2. The van der Waals surface area contributed by atoms with Gasteiger partial charge in [0, 0.05) is 6.20 Å². The number of rotatable bonds is 4. The summed E-state index contributed by atoms with van der Waals surface area (Å²) in [7, 11) is -1.83. The van der Waals surface area contributed by atoms with Crippen LogP contribution in [0.2, 0.25) is 18.1 Å². The Bertz CT molecular complexity index is 631. The van der Waals surface area contributed by atoms with Gasteiger partial charge in [-0.2, -0.15) is 0 Å². The van der Waals surface area contributed by atoms with Crippen molar-refractivity contribution in [1.82, 2.24) is 9.38 Å². The van der Waals surface area contributed by atoms with Gasteiger partial charge in [0.05, 0.1) is 23.4 Å². The molecule has 0 bridgehead atoms. The van der Waals surface area contributed by atoms with E-state index in [4.69, 9.17) is 16.0 Å². The van der Waals surface area contributed by atoms with E-state index in [1.165, 1.54) is 0 Å². The lowest BCUT2D eigenvalue weighted by molar-refractivity contribution is 0.196. The lowest BCUT2D eigenvalue weighted by Crippen LogP contribution is -2.41. The number of imidazole rings is 1. The molecule has 3 nitrogen and oxygen atoms in total. The first kappa shape index (κ1) is 16.5. The molecule has 0 N–H and O–H groups in total. The molecule has 0 aliphatic rings. The van der Waals surface area contributed by atoms with Gasteiger partial charge in [-0.25, -0.2) is 4.98 Å². The van der Waals surface area contributed by atoms with Gasteiger partial charge < -0.3 is 8.83 Å². The molecule has 2 rings (SSSR count). The molecule has 0 spiro atoms. The predicted octanol–water partition coefficient (Wildman–Crippen LogP) is 5.16. The number of fused-ring (bicyclic) bond motifs is 1. The van der Waals surface area contributed by atoms with E-state index in [0.717, 1.165) is 17.0 Å². The average Bonchev–Trinajstić information content (AvgIpc) is 2.75. The van der Waals surface area contributed by atoms with Crippen LogP contribution in [0.4, 0.5) is 0 Å². The minimum absolute atomic E-state index is 0.0166. The second-order valence-electron chi connectivity index (χ2n) is 7.03. The third-order valence-electron chi connectivity index (χ3n) is 4.43. The van der Waals surface area contributed by atoms with Crippen molar-refractivity contribution in [3.63, 3.8) is 0 Å². The predicted molar refractivity (Wildman–Crippen MR) is 91.4 cm³/mol. The van der Waals surface area contributed by atoms with Gasteiger partial charge >= 0.3 is 0 Å². The number of halogens is 1. The Morgan fingerprint density at radius 3 is 2.57 bits per heavy atom. The third kappa shape index (κ3) is 3.17. The first-order valence-electron chi connectivity index (χ1n) is 7.37. The van der Waals surface area contributed by atoms with Crippen LogP contribution in [-0.2, 0) is 10.3 Å². The SMILES string of the molecule is CC(O[Si](C)(C)C(C)(C)C)c1c(CCl)nc2ccccn12. The third-order valence-corrected chi connectivity index (χ3v) is 9.24. The Hall–Kier alpha value is -0.843. The first-order valence-corrected chi connectivity index (χ1v) is 10.8. The molecule has 2 aromatic rings. The van der Waals surface area contributed by atoms with Crippen molar-refractivity contribution >= 4 is 25.6 Å². The maximum Gasteiger partial charge on any atom is 0.192 e. The Balaban J connectivity index is 2.42. The van der Waals surface area contributed by atoms with Crippen molar-refractivity contribution in [1.29, 1.82) is 0 Å². The molecule has 0 aliphatic heterocycles. The molecule has 1 atom stereocenters. The Morgan fingerprint density at radius 2 is 2.00 bits per heavy atom. The van der Waals surface area contributed by atoms with Crippen LogP contribution in [0.1, 0.15) is 45.2 Å². The fourth-order valence-corrected chi connectivity index (χ4v) is 3.81. The van der Waals surface area contributed by atoms with Crippen molar-refractivity contribution in [2.75, 3.05) is 0 Å². The topological polar surface area (TPSA) is 26.5 Å². The number of nitrogens with zero attached hydrogens (tertiary/aromatic N) is 2. The quantitative estimate of drug-likeness (QED) is 0.574. The minimum atomic E-state index is -1.83. The minimum Gasteiger partial charge on any atom is -0.409 e. The summed E-state index contributed by atoms with van der Waals surface area (Å²) in [6, 6.07) is 6.00. The Kier molecular flexibility index (Phi) is 4.52. The molecule has 5 heteroatoms. The number of aromatic nitrogens is 2. The fraction of sp³-hybridized carbons (Fsp3) is 0.562. The summed E-state index contributed by atoms with van der Waals surface area (Å²) in [5.74, 6) is 0.405. The maximum absolute atomic E-state index is 6.52. The van der Waals surface area contributed by atoms with Crippen LogP contribution in [0, 0.1) is 0 Å². The van der Waals surface area contributed by atoms with Crippen molar-refractivity contribution in [2.24, 2.45) is 0 Å². The molecule has 0 radical (unpaired) electrons. The summed E-state index contributed by atoms with van der Waals surface area (Å²) >= 11 is 6.09. The molecule has 2 heterocycles. The average molecular weight is 325 g/mol. The van der Waals surface area contributed by atoms with E-state index in [1.807, 2.05) is 24.4 Å². The second-order valence-corrected chi connectivity index (χ2v) is 12.1. The lowest BCUT2D eigenvalue weighted by atomic mass is 10.2. The first-order chi connectivity index (χ1) is 9.67. The van der Waals surface area contributed by atoms with E-state index >= 15 is 0 Å². The van der Waals surface area contributed by atoms with Crippen molar-refractivity contribution in [3.8, 4) is 0 Å². The number of alkyl halides is 1. The van der Waals surface area contributed by atoms with E-state index in [2.05, 4.69) is 50.2 Å². The van der Waals surface area contributed by atoms with Gasteiger partial charge in [-0.15, -0.1) is 11.6 Å². The maximum atomic E-state index is 6.52. The molecule has 0 aromatic carbocycles. The Labute approximate surface area is 133 Å². The van der Waals surface area contributed by atoms with Crippen LogP contribution in [0.25, 0.3) is 5.65 Å². The van der Waals surface area contributed by atoms with Crippen molar-refractivity contribution < 1.29 is 4.43 Å². The highest BCUT2D eigenvalue weighted by atomic mass is 35.5. The normalized spacial score (nSPS) is 14.6. The second kappa shape index (κ2) is 5.74. The highest BCUT2D eigenvalue weighted by Crippen LogP contribution is 2.40. The van der Waals surface area contributed by atoms with Gasteiger partial charge in [0.1, 0.15) is 5.65 Å². The van der Waals surface area contributed by atoms with Crippen LogP contribution in [0.15, 0.2) is 24.4 Å². The van der Waals surface area contributed by atoms with Gasteiger partial charge in [0.15, 0.2) is 8.32 Å². The van der Waals surface area contributed by atoms with Crippen LogP contribution >= 0.6 is 11.6 Å². The molecule has 0 amide bonds. The van der Waals surface area contributed by atoms with Crippen LogP contribution < -0.4 is 0 Å². The largest absolute Gasteiger partial charge is 0.409 e. The molecular formula is C16H25ClN2OSi. The number of hydrogen-bond donors (Lipinski definition) is 0. The Morgan fingerprint density at radius 1 is 1.33 bits per heavy atom. The van der Waals surface area contributed by atoms with Gasteiger partial charge in [0.2, 0.25) is 0 Å². The lowest BCUT2D eigenvalue weighted by Gasteiger charge is -2.38. The highest BCUT2D eigenvalue weighted by molar-refractivity contribution is 6.74. The van der Waals surface area contributed by atoms with Gasteiger partial charge in [-0.1, -0.05) is 26.8 Å². The van der Waals surface area contributed by atoms with Crippen molar-refractivity contribution in [3.05, 3.63) is 35.8 Å². The van der Waals surface area contributed by atoms with Gasteiger partial charge in [-0.05, 0) is 37.2 Å². The van der Waals surface area contributed by atoms with Crippen molar-refractivity contribution in [2.45, 2.75) is 57.8 Å². The summed E-state index contributed by atoms with van der Waals surface area (Å²) in [5, 5.41) is 0.183. The summed E-state index contributed by atoms with van der Waals surface area (Å²) < 4.78 is 8.61. The monoisotopic (exact) mass is 324 g/mol. The van der Waals surface area contributed by atoms with E-state index in [0.29, 0.717) is 5.88 Å². The fourth-order valence-electron chi connectivity index (χ4n) is 2.27. The van der Waals surface area contributed by atoms with Crippen LogP contribution in [0.5, 0.6) is 0 Å². The van der Waals surface area contributed by atoms with E-state index in [-0.39, 0.29) is 11.1 Å². The summed E-state index contributed by atoms with van der Waals surface area (Å²) in [4.78, 5) is 4.61. The smallest absolute Gasteiger partial charge is 0.192 e. The zero-order chi connectivity index (χ0) is 15.8. The summed E-state index contributed by atoms with van der Waals surface area (Å²) in [6.07, 6.45) is 2.01. The van der Waals surface area contributed by atoms with Gasteiger partial charge in [0.25, 0.3) is 0 Å². The standard InChI is InChI=1S/C16H25ClN2OSi/c1-12(20-21(5,6)16(2,3)4)15-13(11-17)18-14-9-7-8-10-19(14)15/h7-10,12H,11H2,1-6H3. The zero-order valence-corrected chi connectivity index (χ0v) is 15.5. The molecule has 116 valence electrons. The van der Waals surface area contributed by atoms with E-state index in [9.17, 15) is 0 Å².